The minimum absolute atomic E-state index is 0.0769. The molecule has 0 spiro atoms. The number of rotatable bonds is 9. The molecule has 2 amide bonds. The molecule has 2 atom stereocenters. The molecule has 11 heteroatoms. The van der Waals surface area contributed by atoms with E-state index in [1.807, 2.05) is 13.8 Å². The summed E-state index contributed by atoms with van der Waals surface area (Å²) in [4.78, 5) is 35.2. The molecule has 0 unspecified atom stereocenters. The van der Waals surface area contributed by atoms with Crippen molar-refractivity contribution in [3.8, 4) is 5.75 Å². The number of hydrogen-bond donors (Lipinski definition) is 2. The maximum atomic E-state index is 14.9. The van der Waals surface area contributed by atoms with Gasteiger partial charge in [-0.05, 0) is 38.1 Å². The van der Waals surface area contributed by atoms with Crippen molar-refractivity contribution in [3.63, 3.8) is 0 Å². The van der Waals surface area contributed by atoms with Crippen molar-refractivity contribution in [1.29, 1.82) is 0 Å². The third-order valence-electron chi connectivity index (χ3n) is 5.92. The van der Waals surface area contributed by atoms with Gasteiger partial charge < -0.3 is 29.7 Å². The van der Waals surface area contributed by atoms with E-state index < -0.39 is 11.7 Å². The molecule has 1 aromatic heterocycles. The second-order valence-corrected chi connectivity index (χ2v) is 8.83. The molecule has 3 aromatic rings. The van der Waals surface area contributed by atoms with Gasteiger partial charge in [0.25, 0.3) is 0 Å². The predicted molar refractivity (Wildman–Crippen MR) is 136 cm³/mol. The monoisotopic (exact) mass is 511 g/mol. The molecule has 37 heavy (non-hydrogen) atoms. The number of halogens is 1. The number of nitrogens with zero attached hydrogens (tertiary/aromatic N) is 3. The molecule has 0 aliphatic carbocycles. The number of carbonyl (C=O) groups excluding carboxylic acids is 2. The van der Waals surface area contributed by atoms with Crippen LogP contribution in [0.15, 0.2) is 42.7 Å². The Morgan fingerprint density at radius 3 is 2.49 bits per heavy atom. The van der Waals surface area contributed by atoms with E-state index in [0.717, 1.165) is 0 Å². The highest BCUT2D eigenvalue weighted by molar-refractivity contribution is 6.03. The van der Waals surface area contributed by atoms with Crippen molar-refractivity contribution in [2.45, 2.75) is 32.4 Å². The van der Waals surface area contributed by atoms with Crippen LogP contribution >= 0.6 is 0 Å². The average Bonchev–Trinajstić information content (AvgIpc) is 2.85. The Balaban J connectivity index is 1.39. The van der Waals surface area contributed by atoms with E-state index in [9.17, 15) is 14.0 Å². The summed E-state index contributed by atoms with van der Waals surface area (Å²) in [5, 5.41) is 6.06. The van der Waals surface area contributed by atoms with E-state index in [4.69, 9.17) is 14.2 Å². The van der Waals surface area contributed by atoms with Crippen LogP contribution < -0.4 is 15.4 Å². The Morgan fingerprint density at radius 1 is 1.08 bits per heavy atom. The average molecular weight is 512 g/mol. The second kappa shape index (κ2) is 11.9. The van der Waals surface area contributed by atoms with Gasteiger partial charge in [0.2, 0.25) is 11.8 Å². The lowest BCUT2D eigenvalue weighted by atomic mass is 10.1. The number of carbonyl (C=O) groups is 2. The number of benzene rings is 2. The van der Waals surface area contributed by atoms with Crippen molar-refractivity contribution < 1.29 is 28.2 Å². The van der Waals surface area contributed by atoms with Gasteiger partial charge in [-0.25, -0.2) is 14.4 Å². The number of nitrogens with one attached hydrogen (secondary N) is 2. The zero-order chi connectivity index (χ0) is 26.4. The standard InChI is InChI=1S/C26H30FN5O5/c1-16-13-36-14-17(2)32(16)24(34)12-23(33)30-18-4-6-19(7-5-18)31-26-25-21(27)10-20(37-9-8-35-3)11-22(25)28-15-29-26/h4-7,10-11,15-17H,8-9,12-14H2,1-3H3,(H,30,33)(H,28,29,31)/t16-,17+. The van der Waals surface area contributed by atoms with E-state index in [0.29, 0.717) is 54.9 Å². The minimum atomic E-state index is -0.523. The maximum absolute atomic E-state index is 14.9. The Hall–Kier alpha value is -3.83. The maximum Gasteiger partial charge on any atom is 0.233 e. The van der Waals surface area contributed by atoms with Gasteiger partial charge in [0, 0.05) is 30.6 Å². The first-order valence-corrected chi connectivity index (χ1v) is 12.0. The van der Waals surface area contributed by atoms with Crippen LogP contribution in [0.25, 0.3) is 10.9 Å². The molecule has 0 saturated carbocycles. The fourth-order valence-corrected chi connectivity index (χ4v) is 4.24. The largest absolute Gasteiger partial charge is 0.491 e. The fraction of sp³-hybridized carbons (Fsp3) is 0.385. The number of morpholine rings is 1. The Bertz CT molecular complexity index is 1250. The van der Waals surface area contributed by atoms with Crippen LogP contribution in [-0.4, -0.2) is 72.3 Å². The molecule has 1 saturated heterocycles. The summed E-state index contributed by atoms with van der Waals surface area (Å²) >= 11 is 0. The molecule has 2 aromatic carbocycles. The molecule has 0 bridgehead atoms. The first-order chi connectivity index (χ1) is 17.9. The summed E-state index contributed by atoms with van der Waals surface area (Å²) in [7, 11) is 1.56. The number of amides is 2. The van der Waals surface area contributed by atoms with Gasteiger partial charge in [-0.15, -0.1) is 0 Å². The van der Waals surface area contributed by atoms with Crippen LogP contribution in [0, 0.1) is 5.82 Å². The molecule has 196 valence electrons. The number of anilines is 3. The first-order valence-electron chi connectivity index (χ1n) is 12.0. The van der Waals surface area contributed by atoms with Gasteiger partial charge in [0.15, 0.2) is 0 Å². The molecular formula is C26H30FN5O5. The van der Waals surface area contributed by atoms with Gasteiger partial charge in [-0.2, -0.15) is 0 Å². The summed E-state index contributed by atoms with van der Waals surface area (Å²) in [6, 6.07) is 9.58. The summed E-state index contributed by atoms with van der Waals surface area (Å²) < 4.78 is 30.8. The molecule has 1 aliphatic heterocycles. The highest BCUT2D eigenvalue weighted by Crippen LogP contribution is 2.29. The zero-order valence-electron chi connectivity index (χ0n) is 21.0. The Morgan fingerprint density at radius 2 is 1.78 bits per heavy atom. The number of hydrogen-bond acceptors (Lipinski definition) is 8. The van der Waals surface area contributed by atoms with E-state index in [-0.39, 0.29) is 29.8 Å². The minimum Gasteiger partial charge on any atom is -0.491 e. The number of ether oxygens (including phenoxy) is 3. The summed E-state index contributed by atoms with van der Waals surface area (Å²) in [5.74, 6) is -0.511. The van der Waals surface area contributed by atoms with Gasteiger partial charge in [-0.3, -0.25) is 9.59 Å². The van der Waals surface area contributed by atoms with Gasteiger partial charge in [-0.1, -0.05) is 0 Å². The topological polar surface area (TPSA) is 115 Å². The van der Waals surface area contributed by atoms with E-state index >= 15 is 0 Å². The van der Waals surface area contributed by atoms with E-state index in [1.165, 1.54) is 12.4 Å². The van der Waals surface area contributed by atoms with E-state index in [2.05, 4.69) is 20.6 Å². The molecule has 2 heterocycles. The van der Waals surface area contributed by atoms with Crippen LogP contribution in [0.4, 0.5) is 21.6 Å². The Labute approximate surface area is 214 Å². The van der Waals surface area contributed by atoms with Crippen molar-refractivity contribution in [2.75, 3.05) is 44.2 Å². The SMILES string of the molecule is COCCOc1cc(F)c2c(Nc3ccc(NC(=O)CC(=O)N4[C@H](C)COC[C@@H]4C)cc3)ncnc2c1. The molecule has 10 nitrogen and oxygen atoms in total. The summed E-state index contributed by atoms with van der Waals surface area (Å²) in [5.41, 5.74) is 1.55. The summed E-state index contributed by atoms with van der Waals surface area (Å²) in [6.45, 7) is 5.40. The molecule has 1 fully saturated rings. The Kier molecular flexibility index (Phi) is 8.47. The zero-order valence-corrected chi connectivity index (χ0v) is 21.0. The third kappa shape index (κ3) is 6.49. The van der Waals surface area contributed by atoms with Crippen LogP contribution in [-0.2, 0) is 19.1 Å². The smallest absolute Gasteiger partial charge is 0.233 e. The van der Waals surface area contributed by atoms with Crippen molar-refractivity contribution in [1.82, 2.24) is 14.9 Å². The third-order valence-corrected chi connectivity index (χ3v) is 5.92. The van der Waals surface area contributed by atoms with E-state index in [1.54, 1.807) is 42.3 Å². The highest BCUT2D eigenvalue weighted by atomic mass is 19.1. The van der Waals surface area contributed by atoms with Gasteiger partial charge >= 0.3 is 0 Å². The molecule has 4 rings (SSSR count). The van der Waals surface area contributed by atoms with Crippen molar-refractivity contribution >= 4 is 39.9 Å². The lowest BCUT2D eigenvalue weighted by Crippen LogP contribution is -2.53. The predicted octanol–water partition coefficient (Wildman–Crippen LogP) is 3.50. The second-order valence-electron chi connectivity index (χ2n) is 8.83. The number of fused-ring (bicyclic) bond motifs is 1. The lowest BCUT2D eigenvalue weighted by Gasteiger charge is -2.38. The van der Waals surface area contributed by atoms with Crippen LogP contribution in [0.1, 0.15) is 20.3 Å². The normalized spacial score (nSPS) is 17.5. The quantitative estimate of drug-likeness (QED) is 0.331. The lowest BCUT2D eigenvalue weighted by molar-refractivity contribution is -0.145. The van der Waals surface area contributed by atoms with Crippen molar-refractivity contribution in [2.24, 2.45) is 0 Å². The molecular weight excluding hydrogens is 481 g/mol. The van der Waals surface area contributed by atoms with Gasteiger partial charge in [0.05, 0.1) is 42.8 Å². The number of methoxy groups -OCH3 is 1. The molecule has 2 N–H and O–H groups in total. The van der Waals surface area contributed by atoms with Crippen LogP contribution in [0.2, 0.25) is 0 Å². The fourth-order valence-electron chi connectivity index (χ4n) is 4.24. The molecule has 1 aliphatic rings. The van der Waals surface area contributed by atoms with Crippen molar-refractivity contribution in [3.05, 3.63) is 48.5 Å². The molecule has 0 radical (unpaired) electrons. The number of aromatic nitrogens is 2. The van der Waals surface area contributed by atoms with Crippen LogP contribution in [0.5, 0.6) is 5.75 Å². The van der Waals surface area contributed by atoms with Gasteiger partial charge in [0.1, 0.15) is 36.7 Å². The highest BCUT2D eigenvalue weighted by Gasteiger charge is 2.30. The summed E-state index contributed by atoms with van der Waals surface area (Å²) in [6.07, 6.45) is 1.09. The van der Waals surface area contributed by atoms with Crippen LogP contribution in [0.3, 0.4) is 0 Å². The first kappa shape index (κ1) is 26.2.